The maximum Gasteiger partial charge on any atom is 0.268 e. The van der Waals surface area contributed by atoms with E-state index in [0.717, 1.165) is 10.6 Å². The summed E-state index contributed by atoms with van der Waals surface area (Å²) in [6, 6.07) is 9.38. The SMILES string of the molecule is CN1CC(C(=O)Cc2cnccc2C(=O)CCC(=O)N2CC(F)(F)C[C@H]2C#N)Oc2ccccc21. The lowest BCUT2D eigenvalue weighted by Crippen LogP contribution is -2.43. The van der Waals surface area contributed by atoms with Crippen molar-refractivity contribution in [3.05, 3.63) is 53.9 Å². The minimum absolute atomic E-state index is 0.0849. The Labute approximate surface area is 201 Å². The molecule has 182 valence electrons. The fourth-order valence-electron chi connectivity index (χ4n) is 4.41. The van der Waals surface area contributed by atoms with Gasteiger partial charge >= 0.3 is 0 Å². The number of anilines is 1. The molecule has 10 heteroatoms. The number of ketones is 2. The predicted octanol–water partition coefficient (Wildman–Crippen LogP) is 2.81. The zero-order chi connectivity index (χ0) is 25.2. The van der Waals surface area contributed by atoms with Crippen LogP contribution >= 0.6 is 0 Å². The normalized spacial score (nSPS) is 20.5. The van der Waals surface area contributed by atoms with E-state index in [1.54, 1.807) is 12.1 Å². The van der Waals surface area contributed by atoms with Crippen molar-refractivity contribution in [1.29, 1.82) is 5.26 Å². The van der Waals surface area contributed by atoms with Gasteiger partial charge in [-0.15, -0.1) is 0 Å². The first kappa shape index (κ1) is 24.3. The van der Waals surface area contributed by atoms with Crippen LogP contribution in [-0.4, -0.2) is 65.6 Å². The summed E-state index contributed by atoms with van der Waals surface area (Å²) in [6.45, 7) is -0.472. The number of carbonyl (C=O) groups is 3. The van der Waals surface area contributed by atoms with Crippen molar-refractivity contribution < 1.29 is 27.9 Å². The molecular weight excluding hydrogens is 458 g/mol. The van der Waals surface area contributed by atoms with Gasteiger partial charge in [0.1, 0.15) is 11.8 Å². The van der Waals surface area contributed by atoms with Gasteiger partial charge in [0.15, 0.2) is 17.7 Å². The first-order valence-corrected chi connectivity index (χ1v) is 11.2. The lowest BCUT2D eigenvalue weighted by atomic mass is 9.97. The second kappa shape index (κ2) is 9.78. The third kappa shape index (κ3) is 5.29. The van der Waals surface area contributed by atoms with Crippen LogP contribution < -0.4 is 9.64 Å². The molecule has 0 saturated carbocycles. The van der Waals surface area contributed by atoms with Gasteiger partial charge in [0.2, 0.25) is 5.91 Å². The minimum Gasteiger partial charge on any atom is -0.479 e. The summed E-state index contributed by atoms with van der Waals surface area (Å²) in [6.07, 6.45) is 0.786. The number of fused-ring (bicyclic) bond motifs is 1. The molecule has 3 heterocycles. The highest BCUT2D eigenvalue weighted by molar-refractivity contribution is 6.00. The van der Waals surface area contributed by atoms with E-state index in [1.807, 2.05) is 30.1 Å². The van der Waals surface area contributed by atoms with E-state index in [2.05, 4.69) is 4.98 Å². The number of hydrogen-bond donors (Lipinski definition) is 0. The maximum absolute atomic E-state index is 13.6. The van der Waals surface area contributed by atoms with Gasteiger partial charge < -0.3 is 14.5 Å². The Morgan fingerprint density at radius 2 is 2.00 bits per heavy atom. The lowest BCUT2D eigenvalue weighted by Gasteiger charge is -2.33. The third-order valence-electron chi connectivity index (χ3n) is 6.22. The monoisotopic (exact) mass is 482 g/mol. The van der Waals surface area contributed by atoms with Gasteiger partial charge in [0.25, 0.3) is 5.92 Å². The number of halogens is 2. The minimum atomic E-state index is -3.12. The summed E-state index contributed by atoms with van der Waals surface area (Å²) in [4.78, 5) is 45.1. The average molecular weight is 482 g/mol. The molecule has 35 heavy (non-hydrogen) atoms. The Hall–Kier alpha value is -3.87. The number of aromatic nitrogens is 1. The Balaban J connectivity index is 1.40. The van der Waals surface area contributed by atoms with E-state index < -0.39 is 42.7 Å². The van der Waals surface area contributed by atoms with E-state index in [1.165, 1.54) is 18.5 Å². The van der Waals surface area contributed by atoms with E-state index in [-0.39, 0.29) is 30.6 Å². The standard InChI is InChI=1S/C25H24F2N4O4/c1-30-14-23(35-22-5-3-2-4-19(22)30)21(33)10-16-13-29-9-8-18(16)20(32)6-7-24(34)31-15-25(26,27)11-17(31)12-28/h2-5,8-9,13,17,23H,6-7,10-11,14-15H2,1H3/t17-,23?/m0/s1. The largest absolute Gasteiger partial charge is 0.479 e. The molecule has 1 aromatic heterocycles. The fraction of sp³-hybridized carbons (Fsp3) is 0.400. The van der Waals surface area contributed by atoms with Crippen LogP contribution in [0.4, 0.5) is 14.5 Å². The summed E-state index contributed by atoms with van der Waals surface area (Å²) in [5.74, 6) is -3.82. The number of likely N-dealkylation sites (N-methyl/N-ethyl adjacent to an activating group) is 1. The number of para-hydroxylation sites is 2. The van der Waals surface area contributed by atoms with Crippen molar-refractivity contribution in [3.63, 3.8) is 0 Å². The number of nitriles is 1. The van der Waals surface area contributed by atoms with E-state index >= 15 is 0 Å². The van der Waals surface area contributed by atoms with Crippen molar-refractivity contribution >= 4 is 23.2 Å². The second-order valence-electron chi connectivity index (χ2n) is 8.78. The van der Waals surface area contributed by atoms with Crippen LogP contribution in [0.15, 0.2) is 42.7 Å². The smallest absolute Gasteiger partial charge is 0.268 e. The summed E-state index contributed by atoms with van der Waals surface area (Å²) >= 11 is 0. The number of hydrogen-bond acceptors (Lipinski definition) is 7. The molecule has 0 radical (unpaired) electrons. The molecule has 2 aromatic rings. The maximum atomic E-state index is 13.6. The molecule has 4 rings (SSSR count). The molecule has 0 aliphatic carbocycles. The van der Waals surface area contributed by atoms with Gasteiger partial charge in [0, 0.05) is 50.7 Å². The number of amides is 1. The molecule has 0 N–H and O–H groups in total. The van der Waals surface area contributed by atoms with Gasteiger partial charge in [-0.2, -0.15) is 5.26 Å². The van der Waals surface area contributed by atoms with Crippen LogP contribution in [0, 0.1) is 11.3 Å². The number of pyridine rings is 1. The Morgan fingerprint density at radius 1 is 1.23 bits per heavy atom. The number of nitrogens with zero attached hydrogens (tertiary/aromatic N) is 4. The number of likely N-dealkylation sites (tertiary alicyclic amines) is 1. The number of carbonyl (C=O) groups excluding carboxylic acids is 3. The van der Waals surface area contributed by atoms with Gasteiger partial charge in [0.05, 0.1) is 24.8 Å². The zero-order valence-corrected chi connectivity index (χ0v) is 19.1. The number of rotatable bonds is 7. The Kier molecular flexibility index (Phi) is 6.78. The summed E-state index contributed by atoms with van der Waals surface area (Å²) in [5.41, 5.74) is 1.53. The summed E-state index contributed by atoms with van der Waals surface area (Å²) in [5, 5.41) is 9.08. The van der Waals surface area contributed by atoms with Crippen LogP contribution in [0.1, 0.15) is 35.2 Å². The van der Waals surface area contributed by atoms with Crippen molar-refractivity contribution in [2.24, 2.45) is 0 Å². The van der Waals surface area contributed by atoms with Crippen molar-refractivity contribution in [1.82, 2.24) is 9.88 Å². The highest BCUT2D eigenvalue weighted by Crippen LogP contribution is 2.33. The zero-order valence-electron chi connectivity index (χ0n) is 19.1. The van der Waals surface area contributed by atoms with Gasteiger partial charge in [-0.1, -0.05) is 12.1 Å². The summed E-state index contributed by atoms with van der Waals surface area (Å²) < 4.78 is 33.1. The van der Waals surface area contributed by atoms with Crippen molar-refractivity contribution in [2.45, 2.75) is 43.8 Å². The van der Waals surface area contributed by atoms with Crippen LogP contribution in [0.25, 0.3) is 0 Å². The molecule has 1 saturated heterocycles. The molecule has 2 aliphatic heterocycles. The van der Waals surface area contributed by atoms with E-state index in [9.17, 15) is 23.2 Å². The molecule has 2 atom stereocenters. The molecule has 2 aliphatic rings. The van der Waals surface area contributed by atoms with Crippen LogP contribution in [-0.2, 0) is 16.0 Å². The van der Waals surface area contributed by atoms with Crippen LogP contribution in [0.3, 0.4) is 0 Å². The first-order chi connectivity index (χ1) is 16.7. The molecule has 8 nitrogen and oxygen atoms in total. The van der Waals surface area contributed by atoms with Gasteiger partial charge in [-0.3, -0.25) is 19.4 Å². The fourth-order valence-corrected chi connectivity index (χ4v) is 4.41. The Morgan fingerprint density at radius 3 is 2.77 bits per heavy atom. The van der Waals surface area contributed by atoms with Crippen molar-refractivity contribution in [2.75, 3.05) is 25.0 Å². The molecule has 1 amide bonds. The first-order valence-electron chi connectivity index (χ1n) is 11.2. The van der Waals surface area contributed by atoms with Crippen molar-refractivity contribution in [3.8, 4) is 11.8 Å². The topological polar surface area (TPSA) is 104 Å². The summed E-state index contributed by atoms with van der Waals surface area (Å²) in [7, 11) is 1.87. The number of benzene rings is 1. The molecule has 1 fully saturated rings. The third-order valence-corrected chi connectivity index (χ3v) is 6.22. The van der Waals surface area contributed by atoms with E-state index in [4.69, 9.17) is 10.00 Å². The lowest BCUT2D eigenvalue weighted by molar-refractivity contribution is -0.132. The molecular formula is C25H24F2N4O4. The molecule has 0 spiro atoms. The molecule has 1 aromatic carbocycles. The average Bonchev–Trinajstić information content (AvgIpc) is 3.17. The van der Waals surface area contributed by atoms with Crippen LogP contribution in [0.2, 0.25) is 0 Å². The highest BCUT2D eigenvalue weighted by Gasteiger charge is 2.47. The number of ether oxygens (including phenoxy) is 1. The molecule has 1 unspecified atom stereocenters. The molecule has 0 bridgehead atoms. The Bertz CT molecular complexity index is 1200. The van der Waals surface area contributed by atoms with Gasteiger partial charge in [-0.05, 0) is 23.8 Å². The number of alkyl halides is 2. The second-order valence-corrected chi connectivity index (χ2v) is 8.78. The van der Waals surface area contributed by atoms with Gasteiger partial charge in [-0.25, -0.2) is 8.78 Å². The highest BCUT2D eigenvalue weighted by atomic mass is 19.3. The quantitative estimate of drug-likeness (QED) is 0.559. The predicted molar refractivity (Wildman–Crippen MR) is 121 cm³/mol. The van der Waals surface area contributed by atoms with Crippen LogP contribution in [0.5, 0.6) is 5.75 Å². The number of Topliss-reactive ketones (excluding diaryl/α,β-unsaturated/α-hetero) is 2. The van der Waals surface area contributed by atoms with E-state index in [0.29, 0.717) is 17.9 Å².